The summed E-state index contributed by atoms with van der Waals surface area (Å²) in [6.07, 6.45) is 4.11. The maximum absolute atomic E-state index is 5.60. The van der Waals surface area contributed by atoms with Crippen LogP contribution in [0.25, 0.3) is 0 Å². The van der Waals surface area contributed by atoms with Gasteiger partial charge in [-0.1, -0.05) is 6.92 Å². The highest BCUT2D eigenvalue weighted by molar-refractivity contribution is 4.78. The maximum atomic E-state index is 5.60. The Hall–Kier alpha value is -0.160. The van der Waals surface area contributed by atoms with Gasteiger partial charge in [-0.05, 0) is 52.0 Å². The number of likely N-dealkylation sites (N-methyl/N-ethyl adjacent to an activating group) is 1. The topological polar surface area (TPSA) is 27.7 Å². The van der Waals surface area contributed by atoms with Crippen LogP contribution in [-0.2, 0) is 4.74 Å². The highest BCUT2D eigenvalue weighted by atomic mass is 16.5. The third kappa shape index (κ3) is 4.50. The Kier molecular flexibility index (Phi) is 6.41. The molecule has 18 heavy (non-hydrogen) atoms. The van der Waals surface area contributed by atoms with Crippen LogP contribution in [0.1, 0.15) is 26.2 Å². The van der Waals surface area contributed by atoms with E-state index in [1.54, 1.807) is 0 Å². The first-order valence-corrected chi connectivity index (χ1v) is 7.65. The van der Waals surface area contributed by atoms with Gasteiger partial charge in [0.1, 0.15) is 0 Å². The molecule has 0 radical (unpaired) electrons. The van der Waals surface area contributed by atoms with Crippen molar-refractivity contribution in [1.29, 1.82) is 0 Å². The quantitative estimate of drug-likeness (QED) is 0.728. The lowest BCUT2D eigenvalue weighted by Gasteiger charge is -2.36. The molecule has 0 aromatic carbocycles. The van der Waals surface area contributed by atoms with E-state index >= 15 is 0 Å². The number of likely N-dealkylation sites (tertiary alicyclic amines) is 1. The molecule has 0 saturated carbocycles. The lowest BCUT2D eigenvalue weighted by Crippen LogP contribution is -2.50. The molecule has 2 saturated heterocycles. The van der Waals surface area contributed by atoms with E-state index in [1.165, 1.54) is 45.4 Å². The predicted octanol–water partition coefficient (Wildman–Crippen LogP) is 0.783. The highest BCUT2D eigenvalue weighted by Gasteiger charge is 2.22. The second-order valence-electron chi connectivity index (χ2n) is 5.47. The molecule has 1 unspecified atom stereocenters. The number of morpholine rings is 1. The first-order valence-electron chi connectivity index (χ1n) is 7.65. The van der Waals surface area contributed by atoms with E-state index in [0.29, 0.717) is 6.04 Å². The van der Waals surface area contributed by atoms with Crippen molar-refractivity contribution in [3.8, 4) is 0 Å². The van der Waals surface area contributed by atoms with Gasteiger partial charge in [-0.3, -0.25) is 4.90 Å². The second-order valence-corrected chi connectivity index (χ2v) is 5.47. The van der Waals surface area contributed by atoms with Crippen LogP contribution in [0.5, 0.6) is 0 Å². The monoisotopic (exact) mass is 255 g/mol. The Bertz CT molecular complexity index is 219. The van der Waals surface area contributed by atoms with Gasteiger partial charge in [-0.25, -0.2) is 0 Å². The summed E-state index contributed by atoms with van der Waals surface area (Å²) in [4.78, 5) is 5.22. The molecule has 2 rings (SSSR count). The molecule has 0 amide bonds. The van der Waals surface area contributed by atoms with Gasteiger partial charge in [0, 0.05) is 19.1 Å². The molecular weight excluding hydrogens is 226 g/mol. The minimum absolute atomic E-state index is 0.581. The predicted molar refractivity (Wildman–Crippen MR) is 75.0 cm³/mol. The Labute approximate surface area is 112 Å². The summed E-state index contributed by atoms with van der Waals surface area (Å²) in [5, 5.41) is 3.45. The average Bonchev–Trinajstić information content (AvgIpc) is 2.91. The number of rotatable bonds is 7. The van der Waals surface area contributed by atoms with Crippen molar-refractivity contribution in [2.24, 2.45) is 0 Å². The zero-order chi connectivity index (χ0) is 12.6. The number of nitrogens with one attached hydrogen (secondary N) is 1. The van der Waals surface area contributed by atoms with E-state index in [4.69, 9.17) is 4.74 Å². The van der Waals surface area contributed by atoms with E-state index < -0.39 is 0 Å². The van der Waals surface area contributed by atoms with Crippen LogP contribution in [0.3, 0.4) is 0 Å². The minimum Gasteiger partial charge on any atom is -0.378 e. The number of hydrogen-bond donors (Lipinski definition) is 1. The first-order chi connectivity index (χ1) is 8.90. The maximum Gasteiger partial charge on any atom is 0.0634 e. The zero-order valence-electron chi connectivity index (χ0n) is 11.9. The summed E-state index contributed by atoms with van der Waals surface area (Å²) in [6, 6.07) is 0.581. The summed E-state index contributed by atoms with van der Waals surface area (Å²) in [5.74, 6) is 0. The largest absolute Gasteiger partial charge is 0.378 e. The molecule has 0 aliphatic carbocycles. The van der Waals surface area contributed by atoms with Gasteiger partial charge in [0.15, 0.2) is 0 Å². The van der Waals surface area contributed by atoms with E-state index in [0.717, 1.165) is 32.8 Å². The Morgan fingerprint density at radius 2 is 2.00 bits per heavy atom. The molecule has 4 heteroatoms. The van der Waals surface area contributed by atoms with Crippen molar-refractivity contribution in [3.05, 3.63) is 0 Å². The van der Waals surface area contributed by atoms with E-state index in [2.05, 4.69) is 22.0 Å². The first kappa shape index (κ1) is 14.3. The molecule has 4 nitrogen and oxygen atoms in total. The van der Waals surface area contributed by atoms with Crippen LogP contribution < -0.4 is 5.32 Å². The molecule has 0 bridgehead atoms. The Morgan fingerprint density at radius 1 is 1.17 bits per heavy atom. The van der Waals surface area contributed by atoms with Gasteiger partial charge in [-0.15, -0.1) is 0 Å². The summed E-state index contributed by atoms with van der Waals surface area (Å²) < 4.78 is 5.60. The van der Waals surface area contributed by atoms with Gasteiger partial charge >= 0.3 is 0 Å². The fourth-order valence-corrected chi connectivity index (χ4v) is 2.99. The molecule has 1 N–H and O–H groups in total. The normalized spacial score (nSPS) is 26.8. The lowest BCUT2D eigenvalue weighted by atomic mass is 10.2. The van der Waals surface area contributed by atoms with Crippen molar-refractivity contribution in [2.45, 2.75) is 32.2 Å². The molecule has 2 aliphatic rings. The van der Waals surface area contributed by atoms with Crippen LogP contribution in [0.4, 0.5) is 0 Å². The van der Waals surface area contributed by atoms with Gasteiger partial charge in [0.25, 0.3) is 0 Å². The number of ether oxygens (including phenoxy) is 1. The zero-order valence-corrected chi connectivity index (χ0v) is 11.9. The van der Waals surface area contributed by atoms with E-state index in [9.17, 15) is 0 Å². The van der Waals surface area contributed by atoms with Gasteiger partial charge in [0.05, 0.1) is 13.2 Å². The molecule has 0 aromatic rings. The van der Waals surface area contributed by atoms with Crippen LogP contribution in [-0.4, -0.2) is 74.9 Å². The van der Waals surface area contributed by atoms with Crippen LogP contribution in [0.15, 0.2) is 0 Å². The smallest absolute Gasteiger partial charge is 0.0634 e. The van der Waals surface area contributed by atoms with Crippen LogP contribution >= 0.6 is 0 Å². The summed E-state index contributed by atoms with van der Waals surface area (Å²) in [7, 11) is 0. The van der Waals surface area contributed by atoms with E-state index in [1.807, 2.05) is 0 Å². The standard InChI is InChI=1S/C14H29N3O/c1-2-15-12-14-13-18-11-10-17(14)9-5-8-16-6-3-4-7-16/h14-15H,2-13H2,1H3. The molecule has 2 heterocycles. The molecular formula is C14H29N3O. The van der Waals surface area contributed by atoms with Gasteiger partial charge in [0.2, 0.25) is 0 Å². The Morgan fingerprint density at radius 3 is 2.78 bits per heavy atom. The van der Waals surface area contributed by atoms with E-state index in [-0.39, 0.29) is 0 Å². The fraction of sp³-hybridized carbons (Fsp3) is 1.00. The molecule has 106 valence electrons. The molecule has 2 fully saturated rings. The van der Waals surface area contributed by atoms with Crippen LogP contribution in [0, 0.1) is 0 Å². The average molecular weight is 255 g/mol. The summed E-state index contributed by atoms with van der Waals surface area (Å²) in [5.41, 5.74) is 0. The fourth-order valence-electron chi connectivity index (χ4n) is 2.99. The van der Waals surface area contributed by atoms with Crippen LogP contribution in [0.2, 0.25) is 0 Å². The minimum atomic E-state index is 0.581. The van der Waals surface area contributed by atoms with Crippen molar-refractivity contribution in [3.63, 3.8) is 0 Å². The molecule has 1 atom stereocenters. The molecule has 2 aliphatic heterocycles. The highest BCUT2D eigenvalue weighted by Crippen LogP contribution is 2.10. The molecule has 0 spiro atoms. The molecule has 0 aromatic heterocycles. The SMILES string of the molecule is CCNCC1COCCN1CCCN1CCCC1. The number of nitrogens with zero attached hydrogens (tertiary/aromatic N) is 2. The second kappa shape index (κ2) is 8.10. The van der Waals surface area contributed by atoms with Gasteiger partial charge in [-0.2, -0.15) is 0 Å². The van der Waals surface area contributed by atoms with Crippen molar-refractivity contribution < 1.29 is 4.74 Å². The third-order valence-corrected chi connectivity index (χ3v) is 4.10. The summed E-state index contributed by atoms with van der Waals surface area (Å²) in [6.45, 7) is 12.4. The van der Waals surface area contributed by atoms with Gasteiger partial charge < -0.3 is 15.0 Å². The number of hydrogen-bond acceptors (Lipinski definition) is 4. The summed E-state index contributed by atoms with van der Waals surface area (Å²) >= 11 is 0. The third-order valence-electron chi connectivity index (χ3n) is 4.10. The van der Waals surface area contributed by atoms with Crippen molar-refractivity contribution in [1.82, 2.24) is 15.1 Å². The Balaban J connectivity index is 1.64. The lowest BCUT2D eigenvalue weighted by molar-refractivity contribution is -0.00778. The van der Waals surface area contributed by atoms with Crippen molar-refractivity contribution >= 4 is 0 Å². The van der Waals surface area contributed by atoms with Crippen molar-refractivity contribution in [2.75, 3.05) is 59.0 Å².